The summed E-state index contributed by atoms with van der Waals surface area (Å²) < 4.78 is 11.2. The highest BCUT2D eigenvalue weighted by atomic mass is 16.6. The van der Waals surface area contributed by atoms with E-state index in [0.29, 0.717) is 43.2 Å². The summed E-state index contributed by atoms with van der Waals surface area (Å²) in [5.74, 6) is -2.78. The van der Waals surface area contributed by atoms with Crippen LogP contribution in [-0.2, 0) is 25.6 Å². The smallest absolute Gasteiger partial charge is 0.289 e. The molecule has 5 rings (SSSR count). The molecule has 0 bridgehead atoms. The molecular weight excluding hydrogens is 550 g/mol. The van der Waals surface area contributed by atoms with Crippen molar-refractivity contribution < 1.29 is 33.4 Å². The summed E-state index contributed by atoms with van der Waals surface area (Å²) >= 11 is 0. The first kappa shape index (κ1) is 30.3. The second kappa shape index (κ2) is 14.3. The molecule has 0 unspecified atom stereocenters. The van der Waals surface area contributed by atoms with Gasteiger partial charge < -0.3 is 25.4 Å². The van der Waals surface area contributed by atoms with Gasteiger partial charge in [-0.3, -0.25) is 24.0 Å². The Morgan fingerprint density at radius 3 is 2.37 bits per heavy atom. The number of benzene rings is 2. The highest BCUT2D eigenvalue weighted by Gasteiger charge is 2.36. The summed E-state index contributed by atoms with van der Waals surface area (Å²) in [6, 6.07) is 13.0. The lowest BCUT2D eigenvalue weighted by molar-refractivity contribution is -0.141. The molecule has 3 N–H and O–H groups in total. The predicted octanol–water partition coefficient (Wildman–Crippen LogP) is 2.92. The summed E-state index contributed by atoms with van der Waals surface area (Å²) in [6.45, 7) is 1.29. The number of carbonyl (C=O) groups excluding carboxylic acids is 5. The maximum absolute atomic E-state index is 13.8. The van der Waals surface area contributed by atoms with Crippen molar-refractivity contribution in [2.45, 2.75) is 69.9 Å². The lowest BCUT2D eigenvalue weighted by Crippen LogP contribution is -2.52. The number of ether oxygens (including phenoxy) is 2. The third-order valence-electron chi connectivity index (χ3n) is 8.47. The first-order valence-electron chi connectivity index (χ1n) is 15.3. The van der Waals surface area contributed by atoms with Gasteiger partial charge in [0.2, 0.25) is 17.6 Å². The van der Waals surface area contributed by atoms with Gasteiger partial charge in [-0.1, -0.05) is 49.6 Å². The Labute approximate surface area is 251 Å². The number of fused-ring (bicyclic) bond motifs is 1. The maximum Gasteiger partial charge on any atom is 0.289 e. The number of hydrogen-bond donors (Lipinski definition) is 3. The van der Waals surface area contributed by atoms with E-state index in [1.54, 1.807) is 18.2 Å². The van der Waals surface area contributed by atoms with Crippen molar-refractivity contribution in [2.24, 2.45) is 11.8 Å². The fourth-order valence-corrected chi connectivity index (χ4v) is 6.05. The Bertz CT molecular complexity index is 1340. The van der Waals surface area contributed by atoms with E-state index in [4.69, 9.17) is 9.47 Å². The zero-order valence-electron chi connectivity index (χ0n) is 24.3. The average Bonchev–Trinajstić information content (AvgIpc) is 3.44. The molecule has 1 aliphatic carbocycles. The van der Waals surface area contributed by atoms with E-state index < -0.39 is 35.5 Å². The Hall–Kier alpha value is -4.21. The molecule has 2 aromatic carbocycles. The van der Waals surface area contributed by atoms with Gasteiger partial charge in [-0.2, -0.15) is 0 Å². The number of ketones is 2. The van der Waals surface area contributed by atoms with Crippen LogP contribution in [0, 0.1) is 11.8 Å². The number of rotatable bonds is 12. The molecule has 43 heavy (non-hydrogen) atoms. The van der Waals surface area contributed by atoms with Crippen LogP contribution in [0.15, 0.2) is 48.5 Å². The first-order valence-corrected chi connectivity index (χ1v) is 15.3. The molecule has 3 atom stereocenters. The van der Waals surface area contributed by atoms with Crippen LogP contribution >= 0.6 is 0 Å². The summed E-state index contributed by atoms with van der Waals surface area (Å²) in [5, 5.41) is 8.38. The minimum atomic E-state index is -1.19. The lowest BCUT2D eigenvalue weighted by atomic mass is 9.89. The SMILES string of the molecule is O=C(NC1CCCCC1)C(=O)[C@H](C[C@@H]1CCNC1=O)NC(=O)[C@H](CC(=O)c1ccc2c(c1)OCCO2)Cc1ccccc1. The highest BCUT2D eigenvalue weighted by Crippen LogP contribution is 2.31. The summed E-state index contributed by atoms with van der Waals surface area (Å²) in [5.41, 5.74) is 1.24. The largest absolute Gasteiger partial charge is 0.486 e. The molecule has 0 aromatic heterocycles. The molecule has 1 saturated carbocycles. The van der Waals surface area contributed by atoms with Gasteiger partial charge in [-0.25, -0.2) is 0 Å². The van der Waals surface area contributed by atoms with Gasteiger partial charge in [0, 0.05) is 36.4 Å². The molecule has 2 aliphatic heterocycles. The number of nitrogens with one attached hydrogen (secondary N) is 3. The van der Waals surface area contributed by atoms with Crippen LogP contribution in [0.25, 0.3) is 0 Å². The van der Waals surface area contributed by atoms with Crippen molar-refractivity contribution >= 4 is 29.3 Å². The van der Waals surface area contributed by atoms with Crippen LogP contribution in [0.1, 0.15) is 67.3 Å². The van der Waals surface area contributed by atoms with Crippen molar-refractivity contribution in [1.82, 2.24) is 16.0 Å². The van der Waals surface area contributed by atoms with Gasteiger partial charge in [0.25, 0.3) is 5.91 Å². The van der Waals surface area contributed by atoms with Crippen molar-refractivity contribution in [3.63, 3.8) is 0 Å². The summed E-state index contributed by atoms with van der Waals surface area (Å²) in [6.07, 6.45) is 5.34. The van der Waals surface area contributed by atoms with Gasteiger partial charge >= 0.3 is 0 Å². The first-order chi connectivity index (χ1) is 20.9. The van der Waals surface area contributed by atoms with Crippen LogP contribution in [0.2, 0.25) is 0 Å². The topological polar surface area (TPSA) is 140 Å². The van der Waals surface area contributed by atoms with Gasteiger partial charge in [0.15, 0.2) is 17.3 Å². The fraction of sp³-hybridized carbons (Fsp3) is 0.485. The highest BCUT2D eigenvalue weighted by molar-refractivity contribution is 6.38. The third kappa shape index (κ3) is 8.00. The molecule has 3 amide bonds. The van der Waals surface area contributed by atoms with Crippen molar-refractivity contribution in [3.8, 4) is 11.5 Å². The van der Waals surface area contributed by atoms with Crippen molar-refractivity contribution in [1.29, 1.82) is 0 Å². The normalized spacial score (nSPS) is 19.5. The molecule has 0 spiro atoms. The number of hydrogen-bond acceptors (Lipinski definition) is 7. The van der Waals surface area contributed by atoms with Crippen molar-refractivity contribution in [2.75, 3.05) is 19.8 Å². The summed E-state index contributed by atoms with van der Waals surface area (Å²) in [4.78, 5) is 66.2. The van der Waals surface area contributed by atoms with Gasteiger partial charge in [0.05, 0.1) is 6.04 Å². The second-order valence-corrected chi connectivity index (χ2v) is 11.6. The molecule has 10 nitrogen and oxygen atoms in total. The Morgan fingerprint density at radius 2 is 1.65 bits per heavy atom. The molecule has 3 aliphatic rings. The van der Waals surface area contributed by atoms with E-state index in [1.165, 1.54) is 0 Å². The fourth-order valence-electron chi connectivity index (χ4n) is 6.05. The molecule has 228 valence electrons. The van der Waals surface area contributed by atoms with E-state index in [1.807, 2.05) is 30.3 Å². The molecule has 1 saturated heterocycles. The molecule has 2 fully saturated rings. The Morgan fingerprint density at radius 1 is 0.907 bits per heavy atom. The van der Waals surface area contributed by atoms with Crippen LogP contribution in [0.5, 0.6) is 11.5 Å². The maximum atomic E-state index is 13.8. The Kier molecular flexibility index (Phi) is 10.1. The molecule has 0 radical (unpaired) electrons. The van der Waals surface area contributed by atoms with E-state index >= 15 is 0 Å². The standard InChI is InChI=1S/C33H39N3O7/c37-27(22-11-12-28-29(20-22)43-16-15-42-28)19-24(17-21-7-3-1-4-8-21)32(40)36-26(18-23-13-14-34-31(23)39)30(38)33(41)35-25-9-5-2-6-10-25/h1,3-4,7-8,11-12,20,23-26H,2,5-6,9-10,13-19H2,(H,34,39)(H,35,41)(H,36,40)/t23-,24-,26-/m0/s1. The number of carbonyl (C=O) groups is 5. The lowest BCUT2D eigenvalue weighted by Gasteiger charge is -2.26. The predicted molar refractivity (Wildman–Crippen MR) is 158 cm³/mol. The summed E-state index contributed by atoms with van der Waals surface area (Å²) in [7, 11) is 0. The second-order valence-electron chi connectivity index (χ2n) is 11.6. The molecule has 2 heterocycles. The molecular formula is C33H39N3O7. The zero-order chi connectivity index (χ0) is 30.2. The number of Topliss-reactive ketones (excluding diaryl/α,β-unsaturated/α-hetero) is 2. The number of amides is 3. The van der Waals surface area contributed by atoms with Gasteiger partial charge in [-0.15, -0.1) is 0 Å². The molecule has 2 aromatic rings. The quantitative estimate of drug-likeness (QED) is 0.256. The van der Waals surface area contributed by atoms with Crippen LogP contribution in [0.4, 0.5) is 0 Å². The average molecular weight is 590 g/mol. The van der Waals surface area contributed by atoms with E-state index in [0.717, 1.165) is 37.7 Å². The van der Waals surface area contributed by atoms with Crippen LogP contribution in [-0.4, -0.2) is 61.1 Å². The minimum Gasteiger partial charge on any atom is -0.486 e. The Balaban J connectivity index is 1.34. The zero-order valence-corrected chi connectivity index (χ0v) is 24.3. The van der Waals surface area contributed by atoms with Crippen molar-refractivity contribution in [3.05, 3.63) is 59.7 Å². The minimum absolute atomic E-state index is 0.0165. The van der Waals surface area contributed by atoms with E-state index in [9.17, 15) is 24.0 Å². The molecule has 10 heteroatoms. The van der Waals surface area contributed by atoms with E-state index in [-0.39, 0.29) is 37.0 Å². The van der Waals surface area contributed by atoms with Crippen LogP contribution < -0.4 is 25.4 Å². The van der Waals surface area contributed by atoms with Gasteiger partial charge in [0.1, 0.15) is 13.2 Å². The van der Waals surface area contributed by atoms with Crippen LogP contribution in [0.3, 0.4) is 0 Å². The van der Waals surface area contributed by atoms with Gasteiger partial charge in [-0.05, 0) is 55.9 Å². The third-order valence-corrected chi connectivity index (χ3v) is 8.47. The van der Waals surface area contributed by atoms with E-state index in [2.05, 4.69) is 16.0 Å². The monoisotopic (exact) mass is 589 g/mol.